The molecule has 0 fully saturated rings. The number of rotatable bonds is 5. The Morgan fingerprint density at radius 3 is 2.86 bits per heavy atom. The highest BCUT2D eigenvalue weighted by Gasteiger charge is 2.20. The van der Waals surface area contributed by atoms with E-state index in [2.05, 4.69) is 26.3 Å². The van der Waals surface area contributed by atoms with Gasteiger partial charge >= 0.3 is 0 Å². The summed E-state index contributed by atoms with van der Waals surface area (Å²) in [6.07, 6.45) is 6.26. The summed E-state index contributed by atoms with van der Waals surface area (Å²) in [6.45, 7) is 0.916. The Kier molecular flexibility index (Phi) is 4.05. The smallest absolute Gasteiger partial charge is 0.231 e. The first-order valence-electron chi connectivity index (χ1n) is 8.97. The van der Waals surface area contributed by atoms with Crippen LogP contribution >= 0.6 is 0 Å². The number of nitrogens with one attached hydrogen (secondary N) is 1. The molecule has 0 spiro atoms. The maximum atomic E-state index is 5.45. The van der Waals surface area contributed by atoms with Gasteiger partial charge in [-0.25, -0.2) is 15.0 Å². The summed E-state index contributed by atoms with van der Waals surface area (Å²) in [5.41, 5.74) is 5.35. The molecule has 0 atom stereocenters. The van der Waals surface area contributed by atoms with Crippen LogP contribution in [0, 0.1) is 0 Å². The zero-order valence-corrected chi connectivity index (χ0v) is 15.3. The van der Waals surface area contributed by atoms with Gasteiger partial charge in [0.1, 0.15) is 12.1 Å². The first-order valence-corrected chi connectivity index (χ1v) is 8.97. The molecule has 0 saturated carbocycles. The van der Waals surface area contributed by atoms with Crippen molar-refractivity contribution in [1.29, 1.82) is 0 Å². The molecule has 0 radical (unpaired) electrons. The fraction of sp³-hybridized carbons (Fsp3) is 0.190. The minimum Gasteiger partial charge on any atom is -0.481 e. The van der Waals surface area contributed by atoms with Gasteiger partial charge in [0.25, 0.3) is 0 Å². The number of aromatic nitrogens is 3. The van der Waals surface area contributed by atoms with Crippen LogP contribution in [0.2, 0.25) is 0 Å². The number of fused-ring (bicyclic) bond motifs is 2. The minimum atomic E-state index is 0.278. The van der Waals surface area contributed by atoms with Gasteiger partial charge in [0, 0.05) is 30.8 Å². The van der Waals surface area contributed by atoms with Crippen LogP contribution in [0.3, 0.4) is 0 Å². The summed E-state index contributed by atoms with van der Waals surface area (Å²) in [5.74, 6) is 3.01. The lowest BCUT2D eigenvalue weighted by molar-refractivity contribution is 0.174. The molecule has 2 aromatic heterocycles. The Labute approximate surface area is 162 Å². The highest BCUT2D eigenvalue weighted by molar-refractivity contribution is 5.89. The molecule has 0 unspecified atom stereocenters. The molecular formula is C21H18N4O3. The summed E-state index contributed by atoms with van der Waals surface area (Å²) < 4.78 is 15.9. The number of ether oxygens (including phenoxy) is 3. The Hall–Kier alpha value is -3.61. The van der Waals surface area contributed by atoms with E-state index in [4.69, 9.17) is 14.2 Å². The topological polar surface area (TPSA) is 78.4 Å². The summed E-state index contributed by atoms with van der Waals surface area (Å²) >= 11 is 0. The Balaban J connectivity index is 1.33. The van der Waals surface area contributed by atoms with E-state index >= 15 is 0 Å². The predicted octanol–water partition coefficient (Wildman–Crippen LogP) is 3.32. The molecule has 2 aliphatic rings. The van der Waals surface area contributed by atoms with E-state index in [9.17, 15) is 0 Å². The standard InChI is InChI=1S/C21H18N4O3/c1-26-20-5-3-14(10-22-20)15-7-16-17(8-15)24-11-25-21(16)23-9-13-2-4-18-19(6-13)28-12-27-18/h2-6,8,10-11H,7,9,12H2,1H3,(H,23,24,25). The highest BCUT2D eigenvalue weighted by atomic mass is 16.7. The zero-order chi connectivity index (χ0) is 18.9. The molecule has 7 nitrogen and oxygen atoms in total. The molecule has 1 aliphatic heterocycles. The van der Waals surface area contributed by atoms with Gasteiger partial charge in [-0.15, -0.1) is 0 Å². The molecule has 3 heterocycles. The van der Waals surface area contributed by atoms with E-state index in [1.54, 1.807) is 13.4 Å². The van der Waals surface area contributed by atoms with Crippen molar-refractivity contribution in [1.82, 2.24) is 15.0 Å². The second kappa shape index (κ2) is 6.84. The second-order valence-electron chi connectivity index (χ2n) is 6.56. The molecule has 5 rings (SSSR count). The van der Waals surface area contributed by atoms with Crippen molar-refractivity contribution >= 4 is 17.5 Å². The number of benzene rings is 1. The average molecular weight is 374 g/mol. The normalized spacial score (nSPS) is 13.8. The van der Waals surface area contributed by atoms with Gasteiger partial charge in [0.2, 0.25) is 12.7 Å². The van der Waals surface area contributed by atoms with Crippen LogP contribution in [0.25, 0.3) is 11.6 Å². The number of allylic oxidation sites excluding steroid dienone is 1. The molecule has 1 aliphatic carbocycles. The number of hydrogen-bond donors (Lipinski definition) is 1. The molecule has 0 saturated heterocycles. The summed E-state index contributed by atoms with van der Waals surface area (Å²) in [6, 6.07) is 9.82. The fourth-order valence-corrected chi connectivity index (χ4v) is 3.40. The van der Waals surface area contributed by atoms with Gasteiger partial charge in [-0.2, -0.15) is 0 Å². The van der Waals surface area contributed by atoms with Crippen molar-refractivity contribution in [2.24, 2.45) is 0 Å². The number of pyridine rings is 1. The number of hydrogen-bond acceptors (Lipinski definition) is 7. The van der Waals surface area contributed by atoms with Crippen LogP contribution in [0.4, 0.5) is 5.82 Å². The molecule has 3 aromatic rings. The third-order valence-electron chi connectivity index (χ3n) is 4.87. The van der Waals surface area contributed by atoms with E-state index < -0.39 is 0 Å². The van der Waals surface area contributed by atoms with Crippen molar-refractivity contribution in [3.63, 3.8) is 0 Å². The van der Waals surface area contributed by atoms with Crippen LogP contribution in [0.1, 0.15) is 22.4 Å². The lowest BCUT2D eigenvalue weighted by Crippen LogP contribution is -2.05. The van der Waals surface area contributed by atoms with Gasteiger partial charge < -0.3 is 19.5 Å². The largest absolute Gasteiger partial charge is 0.481 e. The Morgan fingerprint density at radius 2 is 2.00 bits per heavy atom. The third-order valence-corrected chi connectivity index (χ3v) is 4.87. The van der Waals surface area contributed by atoms with Crippen molar-refractivity contribution in [2.45, 2.75) is 13.0 Å². The van der Waals surface area contributed by atoms with Crippen molar-refractivity contribution in [2.75, 3.05) is 19.2 Å². The fourth-order valence-electron chi connectivity index (χ4n) is 3.40. The number of nitrogens with zero attached hydrogens (tertiary/aromatic N) is 3. The molecular weight excluding hydrogens is 356 g/mol. The first-order chi connectivity index (χ1) is 13.8. The monoisotopic (exact) mass is 374 g/mol. The van der Waals surface area contributed by atoms with Crippen LogP contribution in [0.15, 0.2) is 42.9 Å². The lowest BCUT2D eigenvalue weighted by Gasteiger charge is -2.10. The van der Waals surface area contributed by atoms with E-state index in [0.29, 0.717) is 12.4 Å². The van der Waals surface area contributed by atoms with E-state index in [1.165, 1.54) is 0 Å². The Bertz CT molecular complexity index is 1060. The zero-order valence-electron chi connectivity index (χ0n) is 15.3. The van der Waals surface area contributed by atoms with Gasteiger partial charge in [0.15, 0.2) is 11.5 Å². The predicted molar refractivity (Wildman–Crippen MR) is 104 cm³/mol. The van der Waals surface area contributed by atoms with Crippen LogP contribution in [0.5, 0.6) is 17.4 Å². The second-order valence-corrected chi connectivity index (χ2v) is 6.56. The maximum Gasteiger partial charge on any atom is 0.231 e. The average Bonchev–Trinajstić information content (AvgIpc) is 3.39. The van der Waals surface area contributed by atoms with Crippen LogP contribution < -0.4 is 19.5 Å². The molecule has 0 bridgehead atoms. The molecule has 140 valence electrons. The Morgan fingerprint density at radius 1 is 1.07 bits per heavy atom. The molecule has 0 amide bonds. The van der Waals surface area contributed by atoms with Crippen molar-refractivity contribution in [3.05, 3.63) is 65.2 Å². The van der Waals surface area contributed by atoms with Gasteiger partial charge in [-0.05, 0) is 41.0 Å². The summed E-state index contributed by atoms with van der Waals surface area (Å²) in [4.78, 5) is 13.2. The summed E-state index contributed by atoms with van der Waals surface area (Å²) in [7, 11) is 1.61. The molecule has 1 N–H and O–H groups in total. The van der Waals surface area contributed by atoms with Crippen molar-refractivity contribution < 1.29 is 14.2 Å². The van der Waals surface area contributed by atoms with E-state index in [0.717, 1.165) is 51.7 Å². The SMILES string of the molecule is COc1ccc(C2=Cc3ncnc(NCc4ccc5c(c4)OCO5)c3C2)cn1. The number of anilines is 1. The van der Waals surface area contributed by atoms with Gasteiger partial charge in [-0.3, -0.25) is 0 Å². The van der Waals surface area contributed by atoms with E-state index in [1.807, 2.05) is 36.5 Å². The van der Waals surface area contributed by atoms with Crippen molar-refractivity contribution in [3.8, 4) is 17.4 Å². The maximum absolute atomic E-state index is 5.45. The third kappa shape index (κ3) is 3.00. The van der Waals surface area contributed by atoms with Crippen LogP contribution in [-0.2, 0) is 13.0 Å². The quantitative estimate of drug-likeness (QED) is 0.734. The molecule has 7 heteroatoms. The first kappa shape index (κ1) is 16.6. The van der Waals surface area contributed by atoms with Gasteiger partial charge in [0.05, 0.1) is 12.8 Å². The minimum absolute atomic E-state index is 0.278. The molecule has 1 aromatic carbocycles. The number of methoxy groups -OCH3 is 1. The highest BCUT2D eigenvalue weighted by Crippen LogP contribution is 2.35. The summed E-state index contributed by atoms with van der Waals surface area (Å²) in [5, 5.41) is 3.43. The van der Waals surface area contributed by atoms with E-state index in [-0.39, 0.29) is 6.79 Å². The molecule has 28 heavy (non-hydrogen) atoms. The van der Waals surface area contributed by atoms with Crippen LogP contribution in [-0.4, -0.2) is 28.9 Å². The lowest BCUT2D eigenvalue weighted by atomic mass is 10.1. The van der Waals surface area contributed by atoms with Gasteiger partial charge in [-0.1, -0.05) is 6.07 Å².